The molecule has 1 unspecified atom stereocenters. The topological polar surface area (TPSA) is 51.7 Å². The first kappa shape index (κ1) is 17.4. The molecule has 2 aliphatic heterocycles. The van der Waals surface area contributed by atoms with E-state index in [1.807, 2.05) is 42.2 Å². The number of aromatic nitrogens is 1. The summed E-state index contributed by atoms with van der Waals surface area (Å²) >= 11 is 0. The Morgan fingerprint density at radius 1 is 1.31 bits per heavy atom. The minimum absolute atomic E-state index is 0.0221. The molecule has 138 valence electrons. The lowest BCUT2D eigenvalue weighted by Gasteiger charge is -2.46. The summed E-state index contributed by atoms with van der Waals surface area (Å²) in [6.45, 7) is 4.97. The fourth-order valence-electron chi connectivity index (χ4n) is 4.27. The van der Waals surface area contributed by atoms with Crippen LogP contribution in [-0.4, -0.2) is 53.8 Å². The van der Waals surface area contributed by atoms with Crippen molar-refractivity contribution in [2.45, 2.75) is 44.3 Å². The van der Waals surface area contributed by atoms with Gasteiger partial charge >= 0.3 is 0 Å². The third-order valence-electron chi connectivity index (χ3n) is 5.69. The third-order valence-corrected chi connectivity index (χ3v) is 5.69. The largest absolute Gasteiger partial charge is 0.378 e. The number of carbonyl (C=O) groups excluding carboxylic acids is 1. The van der Waals surface area contributed by atoms with E-state index < -0.39 is 0 Å². The van der Waals surface area contributed by atoms with Gasteiger partial charge in [0.1, 0.15) is 5.69 Å². The van der Waals surface area contributed by atoms with Gasteiger partial charge in [-0.3, -0.25) is 9.78 Å². The van der Waals surface area contributed by atoms with Crippen molar-refractivity contribution in [1.82, 2.24) is 9.88 Å². The van der Waals surface area contributed by atoms with Gasteiger partial charge < -0.3 is 14.4 Å². The Morgan fingerprint density at radius 3 is 2.92 bits per heavy atom. The first-order valence-electron chi connectivity index (χ1n) is 9.59. The highest BCUT2D eigenvalue weighted by atomic mass is 16.5. The Balaban J connectivity index is 1.47. The van der Waals surface area contributed by atoms with Gasteiger partial charge in [0.15, 0.2) is 0 Å². The lowest BCUT2D eigenvalue weighted by atomic mass is 9.83. The number of hydrogen-bond acceptors (Lipinski definition) is 4. The fourth-order valence-corrected chi connectivity index (χ4v) is 4.27. The van der Waals surface area contributed by atoms with E-state index in [-0.39, 0.29) is 17.6 Å². The van der Waals surface area contributed by atoms with Crippen LogP contribution < -0.4 is 0 Å². The van der Waals surface area contributed by atoms with E-state index in [1.54, 1.807) is 6.20 Å². The predicted octanol–water partition coefficient (Wildman–Crippen LogP) is 3.43. The maximum atomic E-state index is 13.0. The smallest absolute Gasteiger partial charge is 0.273 e. The average Bonchev–Trinajstić information content (AvgIpc) is 2.68. The molecule has 2 saturated heterocycles. The molecule has 2 aromatic rings. The molecule has 2 fully saturated rings. The molecule has 1 amide bonds. The van der Waals surface area contributed by atoms with Crippen molar-refractivity contribution in [3.8, 4) is 0 Å². The van der Waals surface area contributed by atoms with E-state index in [2.05, 4.69) is 4.98 Å². The van der Waals surface area contributed by atoms with Crippen molar-refractivity contribution < 1.29 is 14.3 Å². The van der Waals surface area contributed by atoms with Crippen LogP contribution in [0.5, 0.6) is 0 Å². The van der Waals surface area contributed by atoms with Crippen molar-refractivity contribution in [1.29, 1.82) is 0 Å². The predicted molar refractivity (Wildman–Crippen MR) is 100 cm³/mol. The van der Waals surface area contributed by atoms with E-state index >= 15 is 0 Å². The molecular formula is C21H26N2O3. The van der Waals surface area contributed by atoms with E-state index in [9.17, 15) is 4.79 Å². The highest BCUT2D eigenvalue weighted by molar-refractivity contribution is 6.05. The number of amides is 1. The average molecular weight is 354 g/mol. The van der Waals surface area contributed by atoms with Gasteiger partial charge in [-0.25, -0.2) is 0 Å². The Morgan fingerprint density at radius 2 is 2.12 bits per heavy atom. The number of nitrogens with zero attached hydrogens (tertiary/aromatic N) is 2. The second-order valence-corrected chi connectivity index (χ2v) is 7.27. The van der Waals surface area contributed by atoms with Crippen LogP contribution in [0.25, 0.3) is 10.8 Å². The first-order chi connectivity index (χ1) is 12.7. The molecule has 0 aliphatic carbocycles. The van der Waals surface area contributed by atoms with Gasteiger partial charge in [-0.2, -0.15) is 0 Å². The maximum absolute atomic E-state index is 13.0. The molecule has 0 radical (unpaired) electrons. The maximum Gasteiger partial charge on any atom is 0.273 e. The molecule has 0 saturated carbocycles. The van der Waals surface area contributed by atoms with Gasteiger partial charge in [0.25, 0.3) is 5.91 Å². The molecule has 4 rings (SSSR count). The number of benzene rings is 1. The lowest BCUT2D eigenvalue weighted by Crippen LogP contribution is -2.52. The third kappa shape index (κ3) is 3.33. The molecule has 5 heteroatoms. The minimum Gasteiger partial charge on any atom is -0.378 e. The van der Waals surface area contributed by atoms with Crippen LogP contribution in [0.1, 0.15) is 43.1 Å². The Kier molecular flexibility index (Phi) is 4.92. The number of pyridine rings is 1. The number of ether oxygens (including phenoxy) is 2. The highest BCUT2D eigenvalue weighted by Crippen LogP contribution is 2.36. The second-order valence-electron chi connectivity index (χ2n) is 7.27. The van der Waals surface area contributed by atoms with Crippen molar-refractivity contribution in [2.24, 2.45) is 0 Å². The van der Waals surface area contributed by atoms with Gasteiger partial charge in [-0.1, -0.05) is 24.3 Å². The molecule has 0 N–H and O–H groups in total. The molecule has 1 aromatic carbocycles. The van der Waals surface area contributed by atoms with E-state index in [4.69, 9.17) is 9.47 Å². The summed E-state index contributed by atoms with van der Waals surface area (Å²) in [7, 11) is 0. The molecule has 1 aromatic heterocycles. The van der Waals surface area contributed by atoms with Gasteiger partial charge in [-0.05, 0) is 37.6 Å². The van der Waals surface area contributed by atoms with Gasteiger partial charge in [-0.15, -0.1) is 0 Å². The van der Waals surface area contributed by atoms with E-state index in [0.29, 0.717) is 18.8 Å². The summed E-state index contributed by atoms with van der Waals surface area (Å²) < 4.78 is 12.0. The zero-order valence-corrected chi connectivity index (χ0v) is 15.3. The summed E-state index contributed by atoms with van der Waals surface area (Å²) in [4.78, 5) is 19.4. The summed E-state index contributed by atoms with van der Waals surface area (Å²) in [6, 6.07) is 9.87. The van der Waals surface area contributed by atoms with Crippen LogP contribution in [-0.2, 0) is 9.47 Å². The SMILES string of the molecule is CCOC1CCOC2(CCN(C(=O)c3nccc4ccccc34)CC2)C1. The zero-order chi connectivity index (χ0) is 18.0. The van der Waals surface area contributed by atoms with Crippen LogP contribution in [0, 0.1) is 0 Å². The summed E-state index contributed by atoms with van der Waals surface area (Å²) in [5, 5.41) is 1.97. The first-order valence-corrected chi connectivity index (χ1v) is 9.59. The summed E-state index contributed by atoms with van der Waals surface area (Å²) in [5.74, 6) is 0.0221. The van der Waals surface area contributed by atoms with Gasteiger partial charge in [0, 0.05) is 44.3 Å². The zero-order valence-electron chi connectivity index (χ0n) is 15.3. The number of carbonyl (C=O) groups is 1. The van der Waals surface area contributed by atoms with Crippen LogP contribution in [0.3, 0.4) is 0 Å². The van der Waals surface area contributed by atoms with Crippen molar-refractivity contribution in [3.05, 3.63) is 42.2 Å². The quantitative estimate of drug-likeness (QED) is 0.847. The monoisotopic (exact) mass is 354 g/mol. The lowest BCUT2D eigenvalue weighted by molar-refractivity contribution is -0.151. The van der Waals surface area contributed by atoms with E-state index in [0.717, 1.165) is 49.7 Å². The molecule has 26 heavy (non-hydrogen) atoms. The standard InChI is InChI=1S/C21H26N2O3/c1-2-25-17-8-14-26-21(15-17)9-12-23(13-10-21)20(24)19-18-6-4-3-5-16(18)7-11-22-19/h3-7,11,17H,2,8-10,12-15H2,1H3. The molecule has 1 spiro atoms. The molecule has 5 nitrogen and oxygen atoms in total. The molecule has 0 bridgehead atoms. The summed E-state index contributed by atoms with van der Waals surface area (Å²) in [6.07, 6.45) is 5.65. The summed E-state index contributed by atoms with van der Waals surface area (Å²) in [5.41, 5.74) is 0.428. The van der Waals surface area contributed by atoms with Crippen LogP contribution in [0.2, 0.25) is 0 Å². The Labute approximate surface area is 154 Å². The number of rotatable bonds is 3. The number of likely N-dealkylation sites (tertiary alicyclic amines) is 1. The molecular weight excluding hydrogens is 328 g/mol. The van der Waals surface area contributed by atoms with Crippen molar-refractivity contribution in [3.63, 3.8) is 0 Å². The normalized spacial score (nSPS) is 22.7. The van der Waals surface area contributed by atoms with Crippen LogP contribution in [0.4, 0.5) is 0 Å². The number of hydrogen-bond donors (Lipinski definition) is 0. The fraction of sp³-hybridized carbons (Fsp3) is 0.524. The van der Waals surface area contributed by atoms with E-state index in [1.165, 1.54) is 0 Å². The van der Waals surface area contributed by atoms with Crippen molar-refractivity contribution in [2.75, 3.05) is 26.3 Å². The van der Waals surface area contributed by atoms with Gasteiger partial charge in [0.05, 0.1) is 11.7 Å². The highest BCUT2D eigenvalue weighted by Gasteiger charge is 2.41. The van der Waals surface area contributed by atoms with Gasteiger partial charge in [0.2, 0.25) is 0 Å². The van der Waals surface area contributed by atoms with Crippen LogP contribution in [0.15, 0.2) is 36.5 Å². The Bertz CT molecular complexity index is 776. The van der Waals surface area contributed by atoms with Crippen molar-refractivity contribution >= 4 is 16.7 Å². The second kappa shape index (κ2) is 7.33. The molecule has 3 heterocycles. The molecule has 2 aliphatic rings. The van der Waals surface area contributed by atoms with Crippen LogP contribution >= 0.6 is 0 Å². The Hall–Kier alpha value is -1.98. The molecule has 1 atom stereocenters. The number of piperidine rings is 1. The minimum atomic E-state index is -0.124. The number of fused-ring (bicyclic) bond motifs is 1.